The highest BCUT2D eigenvalue weighted by atomic mass is 15.4. The molecule has 30 nitrogen and oxygen atoms in total. The summed E-state index contributed by atoms with van der Waals surface area (Å²) in [6.07, 6.45) is 0. The lowest BCUT2D eigenvalue weighted by atomic mass is 10.6. The lowest BCUT2D eigenvalue weighted by Crippen LogP contribution is -2.37. The molecule has 0 saturated carbocycles. The van der Waals surface area contributed by atoms with Crippen LogP contribution in [0.4, 0.5) is 89.2 Å². The SMILES string of the molecule is CNc1nc(N)nc(NCN(CNc2nc(NC)nc(NC)n2)c2nc(NCNc3nc(NC)nc(NC)n3)nc(NCNc3nc(NC)nc(NC)n3)n2)n1. The van der Waals surface area contributed by atoms with Gasteiger partial charge in [-0.2, -0.15) is 74.8 Å². The van der Waals surface area contributed by atoms with Gasteiger partial charge in [0.25, 0.3) is 0 Å². The van der Waals surface area contributed by atoms with Crippen molar-refractivity contribution in [1.82, 2.24) is 74.8 Å². The molecular weight excluding hydrogens is 732 g/mol. The fourth-order valence-corrected chi connectivity index (χ4v) is 4.22. The van der Waals surface area contributed by atoms with Gasteiger partial charge in [-0.15, -0.1) is 0 Å². The van der Waals surface area contributed by atoms with Gasteiger partial charge in [0.15, 0.2) is 0 Å². The van der Waals surface area contributed by atoms with Gasteiger partial charge in [0, 0.05) is 49.3 Å². The highest BCUT2D eigenvalue weighted by molar-refractivity contribution is 5.50. The molecule has 298 valence electrons. The number of rotatable bonds is 22. The van der Waals surface area contributed by atoms with Crippen LogP contribution >= 0.6 is 0 Å². The van der Waals surface area contributed by atoms with Crippen LogP contribution in [0.25, 0.3) is 0 Å². The molecule has 0 aliphatic carbocycles. The molecule has 0 aromatic carbocycles. The van der Waals surface area contributed by atoms with E-state index in [9.17, 15) is 0 Å². The number of aromatic nitrogens is 15. The summed E-state index contributed by atoms with van der Waals surface area (Å²) in [4.78, 5) is 67.2. The Hall–Kier alpha value is -7.95. The van der Waals surface area contributed by atoms with E-state index in [1.807, 2.05) is 0 Å². The smallest absolute Gasteiger partial charge is 0.234 e. The highest BCUT2D eigenvalue weighted by Crippen LogP contribution is 2.17. The number of nitrogens with one attached hydrogen (secondary N) is 13. The summed E-state index contributed by atoms with van der Waals surface area (Å²) in [5.74, 6) is 4.06. The topological polar surface area (TPSA) is 379 Å². The van der Waals surface area contributed by atoms with Crippen LogP contribution in [-0.2, 0) is 0 Å². The average molecular weight is 777 g/mol. The number of nitrogen functional groups attached to an aromatic ring is 1. The van der Waals surface area contributed by atoms with Crippen LogP contribution in [-0.4, -0.2) is 151 Å². The fraction of sp³-hybridized carbons (Fsp3) is 0.423. The predicted octanol–water partition coefficient (Wildman–Crippen LogP) is -1.61. The molecule has 5 heterocycles. The Morgan fingerprint density at radius 2 is 0.554 bits per heavy atom. The van der Waals surface area contributed by atoms with Gasteiger partial charge >= 0.3 is 0 Å². The van der Waals surface area contributed by atoms with E-state index in [1.165, 1.54) is 0 Å². The van der Waals surface area contributed by atoms with Gasteiger partial charge in [-0.3, -0.25) is 0 Å². The van der Waals surface area contributed by atoms with E-state index < -0.39 is 0 Å². The third-order valence-corrected chi connectivity index (χ3v) is 6.87. The zero-order valence-corrected chi connectivity index (χ0v) is 31.6. The van der Waals surface area contributed by atoms with E-state index in [0.29, 0.717) is 47.6 Å². The Morgan fingerprint density at radius 1 is 0.321 bits per heavy atom. The fourth-order valence-electron chi connectivity index (χ4n) is 4.22. The van der Waals surface area contributed by atoms with E-state index in [-0.39, 0.29) is 68.3 Å². The van der Waals surface area contributed by atoms with Gasteiger partial charge in [0.2, 0.25) is 89.2 Å². The molecule has 0 atom stereocenters. The molecule has 0 fully saturated rings. The molecule has 30 heteroatoms. The molecule has 0 radical (unpaired) electrons. The minimum absolute atomic E-state index is 0.0164. The van der Waals surface area contributed by atoms with Crippen molar-refractivity contribution in [2.24, 2.45) is 0 Å². The summed E-state index contributed by atoms with van der Waals surface area (Å²) in [6.45, 7) is 0.341. The van der Waals surface area contributed by atoms with E-state index in [0.717, 1.165) is 0 Å². The monoisotopic (exact) mass is 776 g/mol. The first kappa shape index (κ1) is 39.3. The van der Waals surface area contributed by atoms with Crippen LogP contribution < -0.4 is 79.8 Å². The normalized spacial score (nSPS) is 10.4. The molecule has 0 saturated heterocycles. The van der Waals surface area contributed by atoms with E-state index >= 15 is 0 Å². The molecule has 56 heavy (non-hydrogen) atoms. The number of hydrogen-bond donors (Lipinski definition) is 14. The molecule has 0 spiro atoms. The van der Waals surface area contributed by atoms with Crippen LogP contribution in [0.3, 0.4) is 0 Å². The van der Waals surface area contributed by atoms with Crippen LogP contribution in [0.5, 0.6) is 0 Å². The third kappa shape index (κ3) is 11.0. The Kier molecular flexibility index (Phi) is 13.5. The highest BCUT2D eigenvalue weighted by Gasteiger charge is 2.17. The van der Waals surface area contributed by atoms with Crippen LogP contribution in [0, 0.1) is 0 Å². The van der Waals surface area contributed by atoms with Gasteiger partial charge in [-0.25, -0.2) is 0 Å². The van der Waals surface area contributed by atoms with Crippen LogP contribution in [0.1, 0.15) is 0 Å². The first-order valence-corrected chi connectivity index (χ1v) is 16.7. The number of nitrogens with two attached hydrogens (primary N) is 1. The van der Waals surface area contributed by atoms with Crippen molar-refractivity contribution >= 4 is 89.2 Å². The van der Waals surface area contributed by atoms with Crippen LogP contribution in [0.2, 0.25) is 0 Å². The standard InChI is InChI=1S/C26H44N30/c1-28-13-41-12(27)42-24(46-13)39-10-56(11-40-25-51-18(33-6)45-19(34-7)52-25)26-54-22(37-8-35-20-47-14(29-2)43-15(30-3)48-20)53-23(55-26)38-9-36-21-49-16(31-4)44-17(32-5)50-21/h8-11H2,1-7H3,(H2,37,38,53,54,55)(H4,27,28,39,41,42,46)(H3,29,30,35,43,47,48)(H3,31,32,36,44,49,50)(H3,33,34,40,45,51,52). The second kappa shape index (κ2) is 19.2. The van der Waals surface area contributed by atoms with Crippen LogP contribution in [0.15, 0.2) is 0 Å². The van der Waals surface area contributed by atoms with Gasteiger partial charge in [0.1, 0.15) is 0 Å². The summed E-state index contributed by atoms with van der Waals surface area (Å²) in [5, 5.41) is 39.1. The van der Waals surface area contributed by atoms with Gasteiger partial charge in [-0.1, -0.05) is 0 Å². The lowest BCUT2D eigenvalue weighted by Gasteiger charge is -2.24. The maximum Gasteiger partial charge on any atom is 0.234 e. The third-order valence-electron chi connectivity index (χ3n) is 6.87. The molecule has 15 N–H and O–H groups in total. The van der Waals surface area contributed by atoms with Crippen molar-refractivity contribution in [2.45, 2.75) is 0 Å². The summed E-state index contributed by atoms with van der Waals surface area (Å²) in [5.41, 5.74) is 5.92. The molecular formula is C26H44N30. The molecule has 0 aliphatic rings. The minimum atomic E-state index is 0.0164. The second-order valence-electron chi connectivity index (χ2n) is 10.6. The minimum Gasteiger partial charge on any atom is -0.368 e. The van der Waals surface area contributed by atoms with Gasteiger partial charge in [-0.05, 0) is 0 Å². The first-order chi connectivity index (χ1) is 27.2. The molecule has 5 aromatic rings. The van der Waals surface area contributed by atoms with Gasteiger partial charge in [0.05, 0.1) is 26.7 Å². The van der Waals surface area contributed by atoms with E-state index in [2.05, 4.69) is 134 Å². The van der Waals surface area contributed by atoms with Crippen molar-refractivity contribution in [2.75, 3.05) is 156 Å². The maximum atomic E-state index is 5.92. The molecule has 0 bridgehead atoms. The molecule has 0 amide bonds. The lowest BCUT2D eigenvalue weighted by molar-refractivity contribution is 0.810. The first-order valence-electron chi connectivity index (χ1n) is 16.7. The van der Waals surface area contributed by atoms with Crippen molar-refractivity contribution in [3.63, 3.8) is 0 Å². The molecule has 5 aromatic heterocycles. The van der Waals surface area contributed by atoms with Gasteiger partial charge < -0.3 is 79.8 Å². The number of nitrogens with zero attached hydrogens (tertiary/aromatic N) is 16. The molecule has 5 rings (SSSR count). The largest absolute Gasteiger partial charge is 0.368 e. The average Bonchev–Trinajstić information content (AvgIpc) is 3.22. The van der Waals surface area contributed by atoms with Crippen molar-refractivity contribution in [1.29, 1.82) is 0 Å². The zero-order valence-electron chi connectivity index (χ0n) is 31.6. The van der Waals surface area contributed by atoms with E-state index in [4.69, 9.17) is 15.7 Å². The Balaban J connectivity index is 1.44. The summed E-state index contributed by atoms with van der Waals surface area (Å²) in [7, 11) is 11.9. The van der Waals surface area contributed by atoms with Crippen molar-refractivity contribution in [3.8, 4) is 0 Å². The number of hydrogen-bond acceptors (Lipinski definition) is 30. The summed E-state index contributed by atoms with van der Waals surface area (Å²) in [6, 6.07) is 0. The predicted molar refractivity (Wildman–Crippen MR) is 214 cm³/mol. The Bertz CT molecular complexity index is 1880. The number of anilines is 15. The van der Waals surface area contributed by atoms with Crippen molar-refractivity contribution < 1.29 is 0 Å². The summed E-state index contributed by atoms with van der Waals surface area (Å²) < 4.78 is 0. The molecule has 0 aliphatic heterocycles. The quantitative estimate of drug-likeness (QED) is 0.0352. The second-order valence-corrected chi connectivity index (χ2v) is 10.6. The maximum absolute atomic E-state index is 5.92. The zero-order chi connectivity index (χ0) is 39.9. The Morgan fingerprint density at radius 3 is 0.893 bits per heavy atom. The summed E-state index contributed by atoms with van der Waals surface area (Å²) >= 11 is 0. The van der Waals surface area contributed by atoms with E-state index in [1.54, 1.807) is 54.2 Å². The van der Waals surface area contributed by atoms with Crippen molar-refractivity contribution in [3.05, 3.63) is 0 Å². The molecule has 0 unspecified atom stereocenters. The Labute approximate surface area is 319 Å².